The van der Waals surface area contributed by atoms with Crippen molar-refractivity contribution in [3.63, 3.8) is 0 Å². The first-order valence-corrected chi connectivity index (χ1v) is 10.6. The smallest absolute Gasteiger partial charge is 0.337 e. The number of methoxy groups -OCH3 is 2. The van der Waals surface area contributed by atoms with Crippen LogP contribution in [0.2, 0.25) is 0 Å². The highest BCUT2D eigenvalue weighted by molar-refractivity contribution is 9.10. The molecule has 8 heteroatoms. The highest BCUT2D eigenvalue weighted by Crippen LogP contribution is 2.17. The Morgan fingerprint density at radius 2 is 1.58 bits per heavy atom. The Kier molecular flexibility index (Phi) is 7.99. The molecular formula is C25H21BrN2O5. The number of rotatable bonds is 7. The summed E-state index contributed by atoms with van der Waals surface area (Å²) in [7, 11) is 2.84. The lowest BCUT2D eigenvalue weighted by Crippen LogP contribution is -2.30. The number of hydrogen-bond donors (Lipinski definition) is 2. The van der Waals surface area contributed by atoms with Gasteiger partial charge in [0.25, 0.3) is 11.8 Å². The van der Waals surface area contributed by atoms with E-state index in [0.717, 1.165) is 4.47 Å². The molecule has 0 saturated heterocycles. The molecule has 0 atom stereocenters. The molecule has 0 aliphatic rings. The molecule has 0 bridgehead atoms. The Balaban J connectivity index is 1.89. The highest BCUT2D eigenvalue weighted by atomic mass is 79.9. The summed E-state index contributed by atoms with van der Waals surface area (Å²) >= 11 is 3.33. The zero-order chi connectivity index (χ0) is 23.8. The first-order valence-electron chi connectivity index (χ1n) is 9.82. The summed E-state index contributed by atoms with van der Waals surface area (Å²) in [6.45, 7) is 0. The van der Waals surface area contributed by atoms with Crippen molar-refractivity contribution in [3.05, 3.63) is 99.7 Å². The molecule has 0 aliphatic heterocycles. The van der Waals surface area contributed by atoms with Crippen LogP contribution in [0, 0.1) is 0 Å². The number of halogens is 1. The molecule has 0 spiro atoms. The maximum absolute atomic E-state index is 13.1. The predicted molar refractivity (Wildman–Crippen MR) is 129 cm³/mol. The van der Waals surface area contributed by atoms with Crippen molar-refractivity contribution in [2.24, 2.45) is 0 Å². The largest absolute Gasteiger partial charge is 0.497 e. The average Bonchev–Trinajstić information content (AvgIpc) is 2.84. The van der Waals surface area contributed by atoms with Gasteiger partial charge in [0.05, 0.1) is 19.8 Å². The van der Waals surface area contributed by atoms with Crippen molar-refractivity contribution in [1.82, 2.24) is 5.32 Å². The number of nitrogens with one attached hydrogen (secondary N) is 2. The van der Waals surface area contributed by atoms with Gasteiger partial charge in [-0.25, -0.2) is 4.79 Å². The molecule has 7 nitrogen and oxygen atoms in total. The van der Waals surface area contributed by atoms with Crippen LogP contribution in [0.5, 0.6) is 5.75 Å². The van der Waals surface area contributed by atoms with Crippen LogP contribution in [-0.4, -0.2) is 32.0 Å². The predicted octanol–water partition coefficient (Wildman–Crippen LogP) is 4.65. The van der Waals surface area contributed by atoms with Crippen LogP contribution in [0.4, 0.5) is 5.69 Å². The number of carbonyl (C=O) groups is 3. The minimum absolute atomic E-state index is 0.0246. The van der Waals surface area contributed by atoms with Crippen LogP contribution in [0.3, 0.4) is 0 Å². The third-order valence-electron chi connectivity index (χ3n) is 4.57. The Morgan fingerprint density at radius 3 is 2.21 bits per heavy atom. The molecular weight excluding hydrogens is 488 g/mol. The van der Waals surface area contributed by atoms with Gasteiger partial charge in [0.1, 0.15) is 11.4 Å². The number of esters is 1. The maximum Gasteiger partial charge on any atom is 0.337 e. The van der Waals surface area contributed by atoms with Crippen molar-refractivity contribution in [2.45, 2.75) is 0 Å². The van der Waals surface area contributed by atoms with Gasteiger partial charge in [-0.15, -0.1) is 0 Å². The second-order valence-corrected chi connectivity index (χ2v) is 7.73. The summed E-state index contributed by atoms with van der Waals surface area (Å²) < 4.78 is 10.7. The van der Waals surface area contributed by atoms with Gasteiger partial charge in [-0.3, -0.25) is 9.59 Å². The van der Waals surface area contributed by atoms with Crippen molar-refractivity contribution in [2.75, 3.05) is 19.5 Å². The SMILES string of the molecule is COC(=O)c1cccc(NC(=O)/C(=C/c2ccc(OC)cc2)NC(=O)c2ccc(Br)cc2)c1. The molecule has 0 fully saturated rings. The van der Waals surface area contributed by atoms with Crippen LogP contribution < -0.4 is 15.4 Å². The van der Waals surface area contributed by atoms with Crippen molar-refractivity contribution >= 4 is 45.5 Å². The van der Waals surface area contributed by atoms with Gasteiger partial charge in [0.15, 0.2) is 0 Å². The van der Waals surface area contributed by atoms with Gasteiger partial charge in [0.2, 0.25) is 0 Å². The normalized spacial score (nSPS) is 10.8. The molecule has 33 heavy (non-hydrogen) atoms. The van der Waals surface area contributed by atoms with Crippen LogP contribution in [-0.2, 0) is 9.53 Å². The lowest BCUT2D eigenvalue weighted by atomic mass is 10.1. The Labute approximate surface area is 199 Å². The quantitative estimate of drug-likeness (QED) is 0.357. The van der Waals surface area contributed by atoms with Gasteiger partial charge in [-0.05, 0) is 66.2 Å². The van der Waals surface area contributed by atoms with Crippen LogP contribution in [0.25, 0.3) is 6.08 Å². The summed E-state index contributed by atoms with van der Waals surface area (Å²) in [5.74, 6) is -0.862. The van der Waals surface area contributed by atoms with E-state index in [1.807, 2.05) is 0 Å². The topological polar surface area (TPSA) is 93.7 Å². The van der Waals surface area contributed by atoms with E-state index < -0.39 is 17.8 Å². The summed E-state index contributed by atoms with van der Waals surface area (Å²) in [4.78, 5) is 37.6. The van der Waals surface area contributed by atoms with E-state index in [9.17, 15) is 14.4 Å². The van der Waals surface area contributed by atoms with E-state index in [0.29, 0.717) is 22.6 Å². The van der Waals surface area contributed by atoms with Gasteiger partial charge in [0, 0.05) is 15.7 Å². The fourth-order valence-corrected chi connectivity index (χ4v) is 3.13. The van der Waals surface area contributed by atoms with Gasteiger partial charge in [-0.2, -0.15) is 0 Å². The Hall–Kier alpha value is -3.91. The first kappa shape index (κ1) is 23.7. The standard InChI is InChI=1S/C25H21BrN2O5/c1-32-21-12-6-16(7-13-21)14-22(28-23(29)17-8-10-19(26)11-9-17)24(30)27-20-5-3-4-18(15-20)25(31)33-2/h3-15H,1-2H3,(H,27,30)(H,28,29)/b22-14-. The lowest BCUT2D eigenvalue weighted by molar-refractivity contribution is -0.113. The number of ether oxygens (including phenoxy) is 2. The molecule has 3 rings (SSSR count). The van der Waals surface area contributed by atoms with Crippen molar-refractivity contribution in [1.29, 1.82) is 0 Å². The van der Waals surface area contributed by atoms with Gasteiger partial charge >= 0.3 is 5.97 Å². The molecule has 0 heterocycles. The number of hydrogen-bond acceptors (Lipinski definition) is 5. The van der Waals surface area contributed by atoms with E-state index in [2.05, 4.69) is 26.6 Å². The molecule has 0 saturated carbocycles. The summed E-state index contributed by atoms with van der Waals surface area (Å²) in [5.41, 5.74) is 1.76. The minimum Gasteiger partial charge on any atom is -0.497 e. The summed E-state index contributed by atoms with van der Waals surface area (Å²) in [6.07, 6.45) is 1.55. The van der Waals surface area contributed by atoms with Crippen molar-refractivity contribution < 1.29 is 23.9 Å². The fraction of sp³-hybridized carbons (Fsp3) is 0.0800. The number of benzene rings is 3. The molecule has 3 aromatic carbocycles. The molecule has 0 radical (unpaired) electrons. The summed E-state index contributed by atoms with van der Waals surface area (Å²) in [6, 6.07) is 20.1. The van der Waals surface area contributed by atoms with E-state index in [1.54, 1.807) is 79.9 Å². The van der Waals surface area contributed by atoms with E-state index in [-0.39, 0.29) is 11.3 Å². The third-order valence-corrected chi connectivity index (χ3v) is 5.10. The molecule has 0 aromatic heterocycles. The van der Waals surface area contributed by atoms with Crippen LogP contribution in [0.15, 0.2) is 83.0 Å². The molecule has 2 N–H and O–H groups in total. The monoisotopic (exact) mass is 508 g/mol. The third kappa shape index (κ3) is 6.54. The van der Waals surface area contributed by atoms with Gasteiger partial charge < -0.3 is 20.1 Å². The maximum atomic E-state index is 13.1. The average molecular weight is 509 g/mol. The van der Waals surface area contributed by atoms with Crippen LogP contribution in [0.1, 0.15) is 26.3 Å². The lowest BCUT2D eigenvalue weighted by Gasteiger charge is -2.12. The first-order chi connectivity index (χ1) is 15.9. The fourth-order valence-electron chi connectivity index (χ4n) is 2.86. The van der Waals surface area contributed by atoms with E-state index in [4.69, 9.17) is 9.47 Å². The summed E-state index contributed by atoms with van der Waals surface area (Å²) in [5, 5.41) is 5.38. The second kappa shape index (κ2) is 11.1. The Bertz CT molecular complexity index is 1190. The molecule has 0 unspecified atom stereocenters. The zero-order valence-corrected chi connectivity index (χ0v) is 19.5. The zero-order valence-electron chi connectivity index (χ0n) is 17.9. The van der Waals surface area contributed by atoms with Crippen molar-refractivity contribution in [3.8, 4) is 5.75 Å². The minimum atomic E-state index is -0.557. The van der Waals surface area contributed by atoms with E-state index >= 15 is 0 Å². The van der Waals surface area contributed by atoms with E-state index in [1.165, 1.54) is 13.2 Å². The highest BCUT2D eigenvalue weighted by Gasteiger charge is 2.16. The number of amides is 2. The number of carbonyl (C=O) groups excluding carboxylic acids is 3. The molecule has 168 valence electrons. The Morgan fingerprint density at radius 1 is 0.879 bits per heavy atom. The number of anilines is 1. The molecule has 0 aliphatic carbocycles. The molecule has 2 amide bonds. The van der Waals surface area contributed by atoms with Crippen LogP contribution >= 0.6 is 15.9 Å². The van der Waals surface area contributed by atoms with Gasteiger partial charge in [-0.1, -0.05) is 34.1 Å². The second-order valence-electron chi connectivity index (χ2n) is 6.82. The molecule has 3 aromatic rings.